The lowest BCUT2D eigenvalue weighted by Gasteiger charge is -2.05. The van der Waals surface area contributed by atoms with Gasteiger partial charge in [0, 0.05) is 12.8 Å². The number of carbonyl (C=O) groups excluding carboxylic acids is 3. The highest BCUT2D eigenvalue weighted by molar-refractivity contribution is 6.01. The van der Waals surface area contributed by atoms with Gasteiger partial charge in [-0.25, -0.2) is 4.79 Å². The number of hydrogen-bond acceptors (Lipinski definition) is 3. The van der Waals surface area contributed by atoms with Gasteiger partial charge in [-0.2, -0.15) is 0 Å². The van der Waals surface area contributed by atoms with Crippen molar-refractivity contribution >= 4 is 17.8 Å². The molecule has 0 radical (unpaired) electrons. The van der Waals surface area contributed by atoms with Crippen LogP contribution in [0.1, 0.15) is 65.2 Å². The molecule has 18 heavy (non-hydrogen) atoms. The summed E-state index contributed by atoms with van der Waals surface area (Å²) in [6.07, 6.45) is 6.15. The minimum atomic E-state index is -0.710. The standard InChI is InChI=1S/C13H24N2O3/c1-3-5-7-9-11(16)14-13(18)15-12(17)10-8-6-4-2/h3-10H2,1-2H3,(H2,14,15,16,17,18). The van der Waals surface area contributed by atoms with Gasteiger partial charge in [-0.05, 0) is 12.8 Å². The van der Waals surface area contributed by atoms with Gasteiger partial charge < -0.3 is 0 Å². The van der Waals surface area contributed by atoms with Crippen molar-refractivity contribution in [1.29, 1.82) is 0 Å². The Morgan fingerprint density at radius 3 is 1.44 bits per heavy atom. The van der Waals surface area contributed by atoms with Crippen molar-refractivity contribution in [3.8, 4) is 0 Å². The van der Waals surface area contributed by atoms with E-state index in [0.29, 0.717) is 12.8 Å². The highest BCUT2D eigenvalue weighted by Crippen LogP contribution is 1.99. The second-order valence-electron chi connectivity index (χ2n) is 4.34. The van der Waals surface area contributed by atoms with Crippen LogP contribution in [-0.2, 0) is 9.59 Å². The molecule has 0 saturated heterocycles. The SMILES string of the molecule is CCCCCC(=O)NC(=O)NC(=O)CCCCC. The highest BCUT2D eigenvalue weighted by atomic mass is 16.2. The number of hydrogen-bond donors (Lipinski definition) is 2. The number of nitrogens with one attached hydrogen (secondary N) is 2. The molecule has 0 rings (SSSR count). The first kappa shape index (κ1) is 16.6. The summed E-state index contributed by atoms with van der Waals surface area (Å²) in [6.45, 7) is 4.08. The Kier molecular flexibility index (Phi) is 9.91. The molecule has 0 aromatic heterocycles. The van der Waals surface area contributed by atoms with Crippen LogP contribution in [-0.4, -0.2) is 17.8 Å². The van der Waals surface area contributed by atoms with Gasteiger partial charge in [0.2, 0.25) is 11.8 Å². The van der Waals surface area contributed by atoms with E-state index in [-0.39, 0.29) is 11.8 Å². The van der Waals surface area contributed by atoms with Crippen molar-refractivity contribution in [2.24, 2.45) is 0 Å². The third kappa shape index (κ3) is 9.81. The van der Waals surface area contributed by atoms with Crippen LogP contribution < -0.4 is 10.6 Å². The lowest BCUT2D eigenvalue weighted by molar-refractivity contribution is -0.120. The Morgan fingerprint density at radius 1 is 0.722 bits per heavy atom. The summed E-state index contributed by atoms with van der Waals surface area (Å²) in [4.78, 5) is 33.8. The van der Waals surface area contributed by atoms with E-state index in [9.17, 15) is 14.4 Å². The first-order valence-corrected chi connectivity index (χ1v) is 6.73. The molecule has 0 heterocycles. The lowest BCUT2D eigenvalue weighted by Crippen LogP contribution is -2.42. The second kappa shape index (κ2) is 10.7. The summed E-state index contributed by atoms with van der Waals surface area (Å²) < 4.78 is 0. The van der Waals surface area contributed by atoms with E-state index < -0.39 is 6.03 Å². The van der Waals surface area contributed by atoms with E-state index in [1.54, 1.807) is 0 Å². The fraction of sp³-hybridized carbons (Fsp3) is 0.769. The maximum Gasteiger partial charge on any atom is 0.328 e. The second-order valence-corrected chi connectivity index (χ2v) is 4.34. The van der Waals surface area contributed by atoms with Gasteiger partial charge in [-0.15, -0.1) is 0 Å². The van der Waals surface area contributed by atoms with E-state index in [4.69, 9.17) is 0 Å². The molecule has 0 aliphatic carbocycles. The van der Waals surface area contributed by atoms with E-state index in [0.717, 1.165) is 38.5 Å². The zero-order valence-electron chi connectivity index (χ0n) is 11.4. The Balaban J connectivity index is 3.68. The fourth-order valence-electron chi connectivity index (χ4n) is 1.48. The molecule has 2 N–H and O–H groups in total. The lowest BCUT2D eigenvalue weighted by atomic mass is 10.2. The van der Waals surface area contributed by atoms with Crippen molar-refractivity contribution in [2.45, 2.75) is 65.2 Å². The molecule has 0 unspecified atom stereocenters. The summed E-state index contributed by atoms with van der Waals surface area (Å²) >= 11 is 0. The summed E-state index contributed by atoms with van der Waals surface area (Å²) in [5, 5.41) is 4.30. The predicted octanol–water partition coefficient (Wildman–Crippen LogP) is 2.50. The van der Waals surface area contributed by atoms with Crippen molar-refractivity contribution in [3.05, 3.63) is 0 Å². The van der Waals surface area contributed by atoms with Gasteiger partial charge in [-0.3, -0.25) is 20.2 Å². The van der Waals surface area contributed by atoms with Gasteiger partial charge in [0.05, 0.1) is 0 Å². The molecule has 0 fully saturated rings. The molecule has 0 bridgehead atoms. The first-order valence-electron chi connectivity index (χ1n) is 6.73. The van der Waals surface area contributed by atoms with Crippen LogP contribution in [0.5, 0.6) is 0 Å². The molecule has 5 heteroatoms. The maximum atomic E-state index is 11.3. The molecule has 0 spiro atoms. The van der Waals surface area contributed by atoms with Gasteiger partial charge >= 0.3 is 6.03 Å². The molecule has 0 aromatic rings. The summed E-state index contributed by atoms with van der Waals surface area (Å²) in [7, 11) is 0. The van der Waals surface area contributed by atoms with E-state index >= 15 is 0 Å². The zero-order chi connectivity index (χ0) is 13.8. The number of imide groups is 2. The summed E-state index contributed by atoms with van der Waals surface area (Å²) in [5.74, 6) is -0.662. The molecule has 5 nitrogen and oxygen atoms in total. The Morgan fingerprint density at radius 2 is 1.11 bits per heavy atom. The molecule has 104 valence electrons. The predicted molar refractivity (Wildman–Crippen MR) is 70.0 cm³/mol. The van der Waals surface area contributed by atoms with Gasteiger partial charge in [0.25, 0.3) is 0 Å². The Labute approximate surface area is 109 Å². The van der Waals surface area contributed by atoms with Gasteiger partial charge in [-0.1, -0.05) is 39.5 Å². The summed E-state index contributed by atoms with van der Waals surface area (Å²) in [6, 6.07) is -0.710. The fourth-order valence-corrected chi connectivity index (χ4v) is 1.48. The number of amides is 4. The molecule has 0 saturated carbocycles. The van der Waals surface area contributed by atoms with Crippen molar-refractivity contribution in [2.75, 3.05) is 0 Å². The van der Waals surface area contributed by atoms with Crippen LogP contribution in [0.25, 0.3) is 0 Å². The Bertz CT molecular complexity index is 251. The third-order valence-electron chi connectivity index (χ3n) is 2.52. The van der Waals surface area contributed by atoms with Crippen LogP contribution in [0, 0.1) is 0 Å². The number of urea groups is 1. The quantitative estimate of drug-likeness (QED) is 0.655. The molecule has 0 aromatic carbocycles. The van der Waals surface area contributed by atoms with Crippen LogP contribution >= 0.6 is 0 Å². The van der Waals surface area contributed by atoms with Crippen molar-refractivity contribution in [1.82, 2.24) is 10.6 Å². The average Bonchev–Trinajstić information content (AvgIpc) is 2.29. The first-order chi connectivity index (χ1) is 8.60. The zero-order valence-corrected chi connectivity index (χ0v) is 11.4. The smallest absolute Gasteiger partial charge is 0.278 e. The Hall–Kier alpha value is -1.39. The molecular formula is C13H24N2O3. The van der Waals surface area contributed by atoms with Gasteiger partial charge in [0.15, 0.2) is 0 Å². The average molecular weight is 256 g/mol. The third-order valence-corrected chi connectivity index (χ3v) is 2.52. The molecule has 0 aliphatic rings. The topological polar surface area (TPSA) is 75.3 Å². The number of unbranched alkanes of at least 4 members (excludes halogenated alkanes) is 4. The van der Waals surface area contributed by atoms with Crippen molar-refractivity contribution < 1.29 is 14.4 Å². The minimum Gasteiger partial charge on any atom is -0.278 e. The number of rotatable bonds is 8. The van der Waals surface area contributed by atoms with Crippen LogP contribution in [0.15, 0.2) is 0 Å². The van der Waals surface area contributed by atoms with Crippen LogP contribution in [0.4, 0.5) is 4.79 Å². The number of carbonyl (C=O) groups is 3. The normalized spacial score (nSPS) is 9.89. The highest BCUT2D eigenvalue weighted by Gasteiger charge is 2.10. The van der Waals surface area contributed by atoms with E-state index in [2.05, 4.69) is 10.6 Å². The minimum absolute atomic E-state index is 0.325. The van der Waals surface area contributed by atoms with Crippen LogP contribution in [0.2, 0.25) is 0 Å². The monoisotopic (exact) mass is 256 g/mol. The van der Waals surface area contributed by atoms with Crippen molar-refractivity contribution in [3.63, 3.8) is 0 Å². The van der Waals surface area contributed by atoms with Crippen LogP contribution in [0.3, 0.4) is 0 Å². The largest absolute Gasteiger partial charge is 0.328 e. The maximum absolute atomic E-state index is 11.3. The summed E-state index contributed by atoms with van der Waals surface area (Å²) in [5.41, 5.74) is 0. The van der Waals surface area contributed by atoms with E-state index in [1.807, 2.05) is 13.8 Å². The van der Waals surface area contributed by atoms with Gasteiger partial charge in [0.1, 0.15) is 0 Å². The molecule has 0 atom stereocenters. The molecule has 0 aliphatic heterocycles. The van der Waals surface area contributed by atoms with E-state index in [1.165, 1.54) is 0 Å². The molecular weight excluding hydrogens is 232 g/mol. The molecule has 4 amide bonds.